The van der Waals surface area contributed by atoms with Crippen molar-refractivity contribution in [2.45, 2.75) is 32.7 Å². The summed E-state index contributed by atoms with van der Waals surface area (Å²) in [7, 11) is 1.82. The summed E-state index contributed by atoms with van der Waals surface area (Å²) in [4.78, 5) is 16.4. The molecule has 0 radical (unpaired) electrons. The predicted octanol–water partition coefficient (Wildman–Crippen LogP) is 3.64. The number of hydrogen-bond donors (Lipinski definition) is 0. The fourth-order valence-corrected chi connectivity index (χ4v) is 3.55. The molecular formula is C21H27FN2O2. The third-order valence-corrected chi connectivity index (χ3v) is 5.09. The number of benzene rings is 1. The molecule has 2 heterocycles. The van der Waals surface area contributed by atoms with Crippen LogP contribution in [0.5, 0.6) is 0 Å². The van der Waals surface area contributed by atoms with Gasteiger partial charge in [0.2, 0.25) is 5.91 Å². The first-order valence-electron chi connectivity index (χ1n) is 9.25. The van der Waals surface area contributed by atoms with Crippen LogP contribution in [0.25, 0.3) is 0 Å². The number of carbonyl (C=O) groups excluding carboxylic acids is 1. The van der Waals surface area contributed by atoms with Crippen LogP contribution in [-0.2, 0) is 17.8 Å². The second kappa shape index (κ2) is 8.49. The number of likely N-dealkylation sites (N-methyl/N-ethyl adjacent to an activating group) is 1. The monoisotopic (exact) mass is 358 g/mol. The molecule has 0 aliphatic carbocycles. The molecule has 1 aliphatic rings. The standard InChI is InChI=1S/C21H27FN2O2/c1-16-6-7-20(26-16)14-23(2)21(25)15-24-10-8-17(9-11-24)12-18-4-3-5-19(22)13-18/h3-7,13,17H,8-12,14-15H2,1-2H3. The van der Waals surface area contributed by atoms with Crippen molar-refractivity contribution in [3.63, 3.8) is 0 Å². The number of carbonyl (C=O) groups is 1. The summed E-state index contributed by atoms with van der Waals surface area (Å²) in [6.07, 6.45) is 3.01. The first kappa shape index (κ1) is 18.6. The molecule has 1 saturated heterocycles. The Morgan fingerprint density at radius 1 is 1.27 bits per heavy atom. The van der Waals surface area contributed by atoms with Crippen molar-refractivity contribution in [3.05, 3.63) is 59.3 Å². The van der Waals surface area contributed by atoms with E-state index in [1.807, 2.05) is 32.2 Å². The zero-order chi connectivity index (χ0) is 18.5. The Labute approximate surface area is 154 Å². The number of rotatable bonds is 6. The predicted molar refractivity (Wildman–Crippen MR) is 99.2 cm³/mol. The zero-order valence-electron chi connectivity index (χ0n) is 15.6. The summed E-state index contributed by atoms with van der Waals surface area (Å²) < 4.78 is 18.8. The van der Waals surface area contributed by atoms with Gasteiger partial charge in [-0.25, -0.2) is 4.39 Å². The third kappa shape index (κ3) is 5.18. The molecule has 2 aromatic rings. The number of halogens is 1. The van der Waals surface area contributed by atoms with Gasteiger partial charge in [-0.05, 0) is 75.0 Å². The van der Waals surface area contributed by atoms with Crippen LogP contribution in [0, 0.1) is 18.7 Å². The van der Waals surface area contributed by atoms with E-state index in [-0.39, 0.29) is 11.7 Å². The Kier molecular flexibility index (Phi) is 6.09. The van der Waals surface area contributed by atoms with Gasteiger partial charge in [-0.3, -0.25) is 9.69 Å². The van der Waals surface area contributed by atoms with E-state index in [0.717, 1.165) is 49.4 Å². The molecule has 5 heteroatoms. The SMILES string of the molecule is Cc1ccc(CN(C)C(=O)CN2CCC(Cc3cccc(F)c3)CC2)o1. The summed E-state index contributed by atoms with van der Waals surface area (Å²) in [6, 6.07) is 10.7. The van der Waals surface area contributed by atoms with Gasteiger partial charge in [-0.2, -0.15) is 0 Å². The van der Waals surface area contributed by atoms with Crippen molar-refractivity contribution in [1.82, 2.24) is 9.80 Å². The Morgan fingerprint density at radius 3 is 2.69 bits per heavy atom. The van der Waals surface area contributed by atoms with E-state index in [4.69, 9.17) is 4.42 Å². The van der Waals surface area contributed by atoms with Crippen LogP contribution in [0.15, 0.2) is 40.8 Å². The normalized spacial score (nSPS) is 16.0. The van der Waals surface area contributed by atoms with E-state index in [2.05, 4.69) is 4.90 Å². The smallest absolute Gasteiger partial charge is 0.236 e. The first-order chi connectivity index (χ1) is 12.5. The van der Waals surface area contributed by atoms with E-state index in [1.54, 1.807) is 17.0 Å². The van der Waals surface area contributed by atoms with Gasteiger partial charge in [0.05, 0.1) is 13.1 Å². The molecule has 1 aliphatic heterocycles. The lowest BCUT2D eigenvalue weighted by molar-refractivity contribution is -0.132. The van der Waals surface area contributed by atoms with Gasteiger partial charge >= 0.3 is 0 Å². The summed E-state index contributed by atoms with van der Waals surface area (Å²) in [5.74, 6) is 2.18. The average molecular weight is 358 g/mol. The fourth-order valence-electron chi connectivity index (χ4n) is 3.55. The van der Waals surface area contributed by atoms with Gasteiger partial charge in [0.1, 0.15) is 17.3 Å². The van der Waals surface area contributed by atoms with Gasteiger partial charge in [0.25, 0.3) is 0 Å². The lowest BCUT2D eigenvalue weighted by atomic mass is 9.90. The molecule has 0 N–H and O–H groups in total. The van der Waals surface area contributed by atoms with Crippen LogP contribution < -0.4 is 0 Å². The minimum absolute atomic E-state index is 0.114. The van der Waals surface area contributed by atoms with Crippen molar-refractivity contribution < 1.29 is 13.6 Å². The van der Waals surface area contributed by atoms with Gasteiger partial charge in [0, 0.05) is 7.05 Å². The van der Waals surface area contributed by atoms with Gasteiger partial charge in [0.15, 0.2) is 0 Å². The maximum absolute atomic E-state index is 13.3. The summed E-state index contributed by atoms with van der Waals surface area (Å²) in [5.41, 5.74) is 1.06. The molecule has 26 heavy (non-hydrogen) atoms. The molecule has 4 nitrogen and oxygen atoms in total. The number of amides is 1. The van der Waals surface area contributed by atoms with Crippen LogP contribution in [0.4, 0.5) is 4.39 Å². The molecule has 0 spiro atoms. The minimum Gasteiger partial charge on any atom is -0.464 e. The minimum atomic E-state index is -0.166. The van der Waals surface area contributed by atoms with Crippen molar-refractivity contribution in [3.8, 4) is 0 Å². The number of likely N-dealkylation sites (tertiary alicyclic amines) is 1. The lowest BCUT2D eigenvalue weighted by Gasteiger charge is -2.32. The van der Waals surface area contributed by atoms with Crippen LogP contribution >= 0.6 is 0 Å². The van der Waals surface area contributed by atoms with E-state index < -0.39 is 0 Å². The summed E-state index contributed by atoms with van der Waals surface area (Å²) in [6.45, 7) is 4.68. The second-order valence-corrected chi connectivity index (χ2v) is 7.32. The molecule has 3 rings (SSSR count). The molecule has 1 aromatic carbocycles. The highest BCUT2D eigenvalue weighted by molar-refractivity contribution is 5.77. The van der Waals surface area contributed by atoms with E-state index >= 15 is 0 Å². The maximum atomic E-state index is 13.3. The fraction of sp³-hybridized carbons (Fsp3) is 0.476. The molecule has 1 fully saturated rings. The third-order valence-electron chi connectivity index (χ3n) is 5.09. The van der Waals surface area contributed by atoms with Crippen molar-refractivity contribution in [1.29, 1.82) is 0 Å². The number of nitrogens with zero attached hydrogens (tertiary/aromatic N) is 2. The molecule has 0 saturated carbocycles. The summed E-state index contributed by atoms with van der Waals surface area (Å²) >= 11 is 0. The highest BCUT2D eigenvalue weighted by atomic mass is 19.1. The Balaban J connectivity index is 1.42. The molecule has 140 valence electrons. The molecule has 0 unspecified atom stereocenters. The van der Waals surface area contributed by atoms with Crippen LogP contribution in [0.1, 0.15) is 29.9 Å². The quantitative estimate of drug-likeness (QED) is 0.791. The Hall–Kier alpha value is -2.14. The lowest BCUT2D eigenvalue weighted by Crippen LogP contribution is -2.42. The van der Waals surface area contributed by atoms with Gasteiger partial charge < -0.3 is 9.32 Å². The first-order valence-corrected chi connectivity index (χ1v) is 9.25. The van der Waals surface area contributed by atoms with Crippen LogP contribution in [-0.4, -0.2) is 42.4 Å². The molecule has 0 atom stereocenters. The van der Waals surface area contributed by atoms with Crippen molar-refractivity contribution in [2.24, 2.45) is 5.92 Å². The average Bonchev–Trinajstić information content (AvgIpc) is 3.01. The zero-order valence-corrected chi connectivity index (χ0v) is 15.6. The van der Waals surface area contributed by atoms with E-state index in [9.17, 15) is 9.18 Å². The number of aryl methyl sites for hydroxylation is 1. The molecular weight excluding hydrogens is 331 g/mol. The molecule has 0 bridgehead atoms. The largest absolute Gasteiger partial charge is 0.464 e. The second-order valence-electron chi connectivity index (χ2n) is 7.32. The highest BCUT2D eigenvalue weighted by Gasteiger charge is 2.22. The van der Waals surface area contributed by atoms with Gasteiger partial charge in [-0.1, -0.05) is 12.1 Å². The van der Waals surface area contributed by atoms with E-state index in [1.165, 1.54) is 6.07 Å². The van der Waals surface area contributed by atoms with Crippen molar-refractivity contribution in [2.75, 3.05) is 26.7 Å². The molecule has 1 amide bonds. The number of furan rings is 1. The topological polar surface area (TPSA) is 36.7 Å². The maximum Gasteiger partial charge on any atom is 0.236 e. The van der Waals surface area contributed by atoms with Crippen LogP contribution in [0.2, 0.25) is 0 Å². The number of hydrogen-bond acceptors (Lipinski definition) is 3. The molecule has 1 aromatic heterocycles. The Morgan fingerprint density at radius 2 is 2.04 bits per heavy atom. The number of piperidine rings is 1. The van der Waals surface area contributed by atoms with Gasteiger partial charge in [-0.15, -0.1) is 0 Å². The van der Waals surface area contributed by atoms with Crippen LogP contribution in [0.3, 0.4) is 0 Å². The highest BCUT2D eigenvalue weighted by Crippen LogP contribution is 2.22. The Bertz CT molecular complexity index is 735. The van der Waals surface area contributed by atoms with E-state index in [0.29, 0.717) is 19.0 Å². The summed E-state index contributed by atoms with van der Waals surface area (Å²) in [5, 5.41) is 0. The van der Waals surface area contributed by atoms with Crippen molar-refractivity contribution >= 4 is 5.91 Å².